The van der Waals surface area contributed by atoms with Gasteiger partial charge < -0.3 is 15.2 Å². The molecule has 1 heterocycles. The number of hydrogen-bond donors (Lipinski definition) is 2. The highest BCUT2D eigenvalue weighted by molar-refractivity contribution is 7.90. The predicted molar refractivity (Wildman–Crippen MR) is 121 cm³/mol. The highest BCUT2D eigenvalue weighted by Crippen LogP contribution is 2.35. The summed E-state index contributed by atoms with van der Waals surface area (Å²) in [4.78, 5) is 29.3. The van der Waals surface area contributed by atoms with Crippen LogP contribution in [0.4, 0.5) is 5.13 Å². The number of ether oxygens (including phenoxy) is 1. The molecule has 1 aliphatic rings. The number of amides is 1. The second-order valence-electron chi connectivity index (χ2n) is 8.00. The lowest BCUT2D eigenvalue weighted by Gasteiger charge is -2.20. The number of anilines is 1. The van der Waals surface area contributed by atoms with E-state index in [1.54, 1.807) is 19.1 Å². The largest absolute Gasteiger partial charge is 0.464 e. The summed E-state index contributed by atoms with van der Waals surface area (Å²) in [6, 6.07) is 6.42. The van der Waals surface area contributed by atoms with E-state index < -0.39 is 27.8 Å². The van der Waals surface area contributed by atoms with E-state index in [1.807, 2.05) is 0 Å². The van der Waals surface area contributed by atoms with Gasteiger partial charge in [0.2, 0.25) is 5.91 Å². The molecule has 0 saturated heterocycles. The summed E-state index contributed by atoms with van der Waals surface area (Å²) in [5, 5.41) is 14.6. The molecule has 1 fully saturated rings. The van der Waals surface area contributed by atoms with Crippen LogP contribution in [-0.4, -0.2) is 43.2 Å². The Morgan fingerprint density at radius 2 is 1.91 bits per heavy atom. The van der Waals surface area contributed by atoms with E-state index in [4.69, 9.17) is 4.74 Å². The van der Waals surface area contributed by atoms with Crippen LogP contribution in [0, 0.1) is 5.92 Å². The smallest absolute Gasteiger partial charge is 0.341 e. The van der Waals surface area contributed by atoms with Crippen molar-refractivity contribution in [2.24, 2.45) is 5.92 Å². The molecule has 2 unspecified atom stereocenters. The molecule has 10 heteroatoms. The maximum absolute atomic E-state index is 13.2. The summed E-state index contributed by atoms with van der Waals surface area (Å²) in [6.07, 6.45) is 4.73. The summed E-state index contributed by atoms with van der Waals surface area (Å²) in [6.45, 7) is 1.79. The molecule has 2 N–H and O–H groups in total. The second kappa shape index (κ2) is 10.5. The average molecular weight is 481 g/mol. The molecule has 3 rings (SSSR count). The van der Waals surface area contributed by atoms with Crippen LogP contribution in [0.15, 0.2) is 34.5 Å². The van der Waals surface area contributed by atoms with Crippen molar-refractivity contribution < 1.29 is 27.9 Å². The highest BCUT2D eigenvalue weighted by Gasteiger charge is 2.28. The third-order valence-electron chi connectivity index (χ3n) is 5.61. The van der Waals surface area contributed by atoms with Gasteiger partial charge in [0.1, 0.15) is 0 Å². The molecule has 1 amide bonds. The number of hydrogen-bond acceptors (Lipinski definition) is 8. The fourth-order valence-corrected chi connectivity index (χ4v) is 5.29. The Hall–Kier alpha value is -2.30. The molecule has 1 aromatic carbocycles. The van der Waals surface area contributed by atoms with Crippen LogP contribution < -0.4 is 5.32 Å². The molecule has 32 heavy (non-hydrogen) atoms. The lowest BCUT2D eigenvalue weighted by molar-refractivity contribution is -0.153. The number of carbonyl (C=O) groups excluding carboxylic acids is 2. The van der Waals surface area contributed by atoms with Crippen LogP contribution in [-0.2, 0) is 24.2 Å². The van der Waals surface area contributed by atoms with Gasteiger partial charge in [0.05, 0.1) is 23.1 Å². The van der Waals surface area contributed by atoms with Crippen molar-refractivity contribution in [3.8, 4) is 0 Å². The van der Waals surface area contributed by atoms with Gasteiger partial charge in [-0.15, -0.1) is 11.3 Å². The van der Waals surface area contributed by atoms with E-state index in [9.17, 15) is 23.1 Å². The molecule has 1 saturated carbocycles. The number of carbonyl (C=O) groups is 2. The molecule has 174 valence electrons. The zero-order chi connectivity index (χ0) is 23.3. The first-order valence-corrected chi connectivity index (χ1v) is 13.4. The number of esters is 1. The number of nitrogens with one attached hydrogen (secondary N) is 1. The Morgan fingerprint density at radius 1 is 1.25 bits per heavy atom. The van der Waals surface area contributed by atoms with E-state index in [1.165, 1.54) is 17.5 Å². The van der Waals surface area contributed by atoms with Crippen molar-refractivity contribution in [3.05, 3.63) is 40.9 Å². The predicted octanol–water partition coefficient (Wildman–Crippen LogP) is 3.45. The summed E-state index contributed by atoms with van der Waals surface area (Å²) >= 11 is 1.11. The molecular formula is C22H28N2O6S2. The highest BCUT2D eigenvalue weighted by atomic mass is 32.2. The quantitative estimate of drug-likeness (QED) is 0.527. The van der Waals surface area contributed by atoms with Gasteiger partial charge in [-0.05, 0) is 37.0 Å². The van der Waals surface area contributed by atoms with Crippen LogP contribution in [0.3, 0.4) is 0 Å². The number of benzene rings is 1. The topological polar surface area (TPSA) is 123 Å². The van der Waals surface area contributed by atoms with Gasteiger partial charge in [0.15, 0.2) is 21.1 Å². The van der Waals surface area contributed by atoms with Gasteiger partial charge in [0.25, 0.3) is 0 Å². The summed E-state index contributed by atoms with van der Waals surface area (Å²) < 4.78 is 28.3. The molecule has 0 bridgehead atoms. The van der Waals surface area contributed by atoms with Crippen molar-refractivity contribution in [1.29, 1.82) is 0 Å². The lowest BCUT2D eigenvalue weighted by atomic mass is 9.87. The first-order valence-electron chi connectivity index (χ1n) is 10.6. The van der Waals surface area contributed by atoms with Crippen LogP contribution >= 0.6 is 11.3 Å². The Bertz CT molecular complexity index is 1040. The minimum atomic E-state index is -3.32. The van der Waals surface area contributed by atoms with E-state index in [-0.39, 0.29) is 28.2 Å². The number of aliphatic hydroxyl groups excluding tert-OH is 1. The van der Waals surface area contributed by atoms with Crippen LogP contribution in [0.1, 0.15) is 62.3 Å². The molecule has 0 radical (unpaired) electrons. The first kappa shape index (κ1) is 24.3. The molecule has 0 aliphatic heterocycles. The Labute approximate surface area is 191 Å². The van der Waals surface area contributed by atoms with Gasteiger partial charge in [-0.25, -0.2) is 18.2 Å². The molecule has 0 spiro atoms. The van der Waals surface area contributed by atoms with Gasteiger partial charge in [-0.1, -0.05) is 37.8 Å². The van der Waals surface area contributed by atoms with Crippen LogP contribution in [0.2, 0.25) is 0 Å². The van der Waals surface area contributed by atoms with Gasteiger partial charge in [-0.2, -0.15) is 0 Å². The van der Waals surface area contributed by atoms with Gasteiger partial charge in [0, 0.05) is 11.6 Å². The Balaban J connectivity index is 1.78. The maximum Gasteiger partial charge on any atom is 0.341 e. The summed E-state index contributed by atoms with van der Waals surface area (Å²) in [5.74, 6) is -1.08. The first-order chi connectivity index (χ1) is 15.2. The van der Waals surface area contributed by atoms with E-state index in [0.717, 1.165) is 48.8 Å². The van der Waals surface area contributed by atoms with E-state index in [0.29, 0.717) is 12.3 Å². The maximum atomic E-state index is 13.2. The SMILES string of the molecule is CCOC(=O)C(O)c1csc(NC(=O)C(CC2CCCC2)c2ccc(S(C)(=O)=O)cc2)n1. The Morgan fingerprint density at radius 3 is 2.50 bits per heavy atom. The molecule has 1 aromatic heterocycles. The Kier molecular flexibility index (Phi) is 8.02. The number of rotatable bonds is 9. The molecular weight excluding hydrogens is 452 g/mol. The fraction of sp³-hybridized carbons (Fsp3) is 0.500. The second-order valence-corrected chi connectivity index (χ2v) is 10.9. The monoisotopic (exact) mass is 480 g/mol. The van der Waals surface area contributed by atoms with Crippen molar-refractivity contribution in [2.45, 2.75) is 55.9 Å². The minimum Gasteiger partial charge on any atom is -0.464 e. The standard InChI is InChI=1S/C22H28N2O6S2/c1-3-30-21(27)19(25)18-13-31-22(23-18)24-20(26)17(12-14-6-4-5-7-14)15-8-10-16(11-9-15)32(2,28)29/h8-11,13-14,17,19,25H,3-7,12H2,1-2H3,(H,23,24,26). The number of nitrogens with zero attached hydrogens (tertiary/aromatic N) is 1. The fourth-order valence-electron chi connectivity index (χ4n) is 3.92. The van der Waals surface area contributed by atoms with E-state index >= 15 is 0 Å². The molecule has 2 aromatic rings. The van der Waals surface area contributed by atoms with Gasteiger partial charge in [-0.3, -0.25) is 4.79 Å². The number of thiazole rings is 1. The third kappa shape index (κ3) is 6.14. The summed E-state index contributed by atoms with van der Waals surface area (Å²) in [5.41, 5.74) is 0.860. The van der Waals surface area contributed by atoms with Crippen LogP contribution in [0.5, 0.6) is 0 Å². The third-order valence-corrected chi connectivity index (χ3v) is 7.52. The van der Waals surface area contributed by atoms with Crippen molar-refractivity contribution >= 4 is 38.2 Å². The van der Waals surface area contributed by atoms with Crippen LogP contribution in [0.25, 0.3) is 0 Å². The normalized spacial score (nSPS) is 16.5. The zero-order valence-corrected chi connectivity index (χ0v) is 19.7. The molecule has 1 aliphatic carbocycles. The molecule has 2 atom stereocenters. The van der Waals surface area contributed by atoms with Crippen molar-refractivity contribution in [1.82, 2.24) is 4.98 Å². The molecule has 8 nitrogen and oxygen atoms in total. The average Bonchev–Trinajstić information content (AvgIpc) is 3.43. The summed E-state index contributed by atoms with van der Waals surface area (Å²) in [7, 11) is -3.32. The zero-order valence-electron chi connectivity index (χ0n) is 18.1. The van der Waals surface area contributed by atoms with Gasteiger partial charge >= 0.3 is 5.97 Å². The van der Waals surface area contributed by atoms with Crippen molar-refractivity contribution in [2.75, 3.05) is 18.2 Å². The number of sulfone groups is 1. The van der Waals surface area contributed by atoms with E-state index in [2.05, 4.69) is 10.3 Å². The number of aromatic nitrogens is 1. The van der Waals surface area contributed by atoms with Crippen molar-refractivity contribution in [3.63, 3.8) is 0 Å². The minimum absolute atomic E-state index is 0.119. The number of aliphatic hydroxyl groups is 1. The lowest BCUT2D eigenvalue weighted by Crippen LogP contribution is -2.23.